The second kappa shape index (κ2) is 6.17. The molecule has 3 aromatic rings. The van der Waals surface area contributed by atoms with E-state index in [2.05, 4.69) is 20.6 Å². The van der Waals surface area contributed by atoms with Crippen LogP contribution in [0.15, 0.2) is 34.7 Å². The highest BCUT2D eigenvalue weighted by Gasteiger charge is 2.34. The molecule has 0 fully saturated rings. The maximum Gasteiger partial charge on any atom is 0.322 e. The Morgan fingerprint density at radius 1 is 1.19 bits per heavy atom. The Morgan fingerprint density at radius 3 is 2.62 bits per heavy atom. The van der Waals surface area contributed by atoms with Gasteiger partial charge >= 0.3 is 6.01 Å². The van der Waals surface area contributed by atoms with Crippen LogP contribution in [0.4, 0.5) is 6.01 Å². The van der Waals surface area contributed by atoms with E-state index in [1.807, 2.05) is 25.1 Å². The molecule has 0 bridgehead atoms. The fourth-order valence-electron chi connectivity index (χ4n) is 2.77. The maximum atomic E-state index is 12.5. The standard InChI is InChI=1S/C17H17N5O4/c1-9-8-11(22(3)21-9)16-19-20-17(26-16)18-15(23)14-10(2)24-12-6-4-5-7-13(12)25-14/h4-8,10,14H,1-3H3,(H,18,20,23). The van der Waals surface area contributed by atoms with E-state index in [4.69, 9.17) is 13.9 Å². The van der Waals surface area contributed by atoms with Gasteiger partial charge in [-0.25, -0.2) is 0 Å². The number of ether oxygens (including phenoxy) is 2. The molecule has 9 heteroatoms. The van der Waals surface area contributed by atoms with Gasteiger partial charge < -0.3 is 13.9 Å². The van der Waals surface area contributed by atoms with Gasteiger partial charge in [-0.1, -0.05) is 17.2 Å². The lowest BCUT2D eigenvalue weighted by molar-refractivity contribution is -0.128. The molecule has 0 aliphatic carbocycles. The molecular weight excluding hydrogens is 338 g/mol. The van der Waals surface area contributed by atoms with E-state index in [0.717, 1.165) is 5.69 Å². The van der Waals surface area contributed by atoms with Crippen LogP contribution in [0.25, 0.3) is 11.6 Å². The lowest BCUT2D eigenvalue weighted by atomic mass is 10.1. The molecule has 0 saturated heterocycles. The van der Waals surface area contributed by atoms with Crippen LogP contribution >= 0.6 is 0 Å². The quantitative estimate of drug-likeness (QED) is 0.765. The Bertz CT molecular complexity index is 964. The average Bonchev–Trinajstić information content (AvgIpc) is 3.19. The summed E-state index contributed by atoms with van der Waals surface area (Å²) in [6.45, 7) is 3.63. The fourth-order valence-corrected chi connectivity index (χ4v) is 2.77. The van der Waals surface area contributed by atoms with Crippen molar-refractivity contribution in [2.45, 2.75) is 26.1 Å². The smallest absolute Gasteiger partial charge is 0.322 e. The van der Waals surface area contributed by atoms with Gasteiger partial charge in [0, 0.05) is 7.05 Å². The minimum atomic E-state index is -0.834. The molecule has 2 atom stereocenters. The Labute approximate surface area is 148 Å². The molecule has 4 rings (SSSR count). The van der Waals surface area contributed by atoms with Gasteiger partial charge in [0.2, 0.25) is 6.10 Å². The highest BCUT2D eigenvalue weighted by molar-refractivity contribution is 5.93. The zero-order valence-electron chi connectivity index (χ0n) is 14.5. The van der Waals surface area contributed by atoms with Crippen LogP contribution in [0, 0.1) is 6.92 Å². The zero-order valence-corrected chi connectivity index (χ0v) is 14.5. The number of carbonyl (C=O) groups excluding carboxylic acids is 1. The first kappa shape index (κ1) is 16.1. The highest BCUT2D eigenvalue weighted by Crippen LogP contribution is 2.33. The van der Waals surface area contributed by atoms with E-state index < -0.39 is 18.1 Å². The number of para-hydroxylation sites is 2. The SMILES string of the molecule is Cc1cc(-c2nnc(NC(=O)C3Oc4ccccc4OC3C)o2)n(C)n1. The lowest BCUT2D eigenvalue weighted by Crippen LogP contribution is -2.46. The number of amides is 1. The van der Waals surface area contributed by atoms with Gasteiger partial charge in [-0.05, 0) is 32.0 Å². The molecule has 1 N–H and O–H groups in total. The first-order valence-corrected chi connectivity index (χ1v) is 8.09. The molecule has 1 amide bonds. The summed E-state index contributed by atoms with van der Waals surface area (Å²) in [5, 5.41) is 14.6. The third kappa shape index (κ3) is 2.87. The van der Waals surface area contributed by atoms with Crippen LogP contribution in [0.3, 0.4) is 0 Å². The van der Waals surface area contributed by atoms with Crippen molar-refractivity contribution in [3.05, 3.63) is 36.0 Å². The predicted molar refractivity (Wildman–Crippen MR) is 90.8 cm³/mol. The van der Waals surface area contributed by atoms with Crippen LogP contribution < -0.4 is 14.8 Å². The Balaban J connectivity index is 1.50. The summed E-state index contributed by atoms with van der Waals surface area (Å²) in [6.07, 6.45) is -1.30. The van der Waals surface area contributed by atoms with Gasteiger partial charge in [0.1, 0.15) is 11.8 Å². The predicted octanol–water partition coefficient (Wildman–Crippen LogP) is 1.95. The minimum Gasteiger partial charge on any atom is -0.482 e. The number of aryl methyl sites for hydroxylation is 2. The van der Waals surface area contributed by atoms with E-state index in [9.17, 15) is 4.79 Å². The summed E-state index contributed by atoms with van der Waals surface area (Å²) < 4.78 is 18.6. The van der Waals surface area contributed by atoms with Crippen LogP contribution in [0.5, 0.6) is 11.5 Å². The normalized spacial score (nSPS) is 18.6. The number of nitrogens with one attached hydrogen (secondary N) is 1. The molecule has 2 unspecified atom stereocenters. The third-order valence-electron chi connectivity index (χ3n) is 3.98. The lowest BCUT2D eigenvalue weighted by Gasteiger charge is -2.30. The summed E-state index contributed by atoms with van der Waals surface area (Å²) in [4.78, 5) is 12.5. The van der Waals surface area contributed by atoms with Crippen molar-refractivity contribution < 1.29 is 18.7 Å². The van der Waals surface area contributed by atoms with E-state index >= 15 is 0 Å². The molecule has 9 nitrogen and oxygen atoms in total. The molecule has 3 heterocycles. The second-order valence-electron chi connectivity index (χ2n) is 6.00. The molecule has 1 aromatic carbocycles. The largest absolute Gasteiger partial charge is 0.482 e. The second-order valence-corrected chi connectivity index (χ2v) is 6.00. The van der Waals surface area contributed by atoms with Crippen molar-refractivity contribution in [3.63, 3.8) is 0 Å². The maximum absolute atomic E-state index is 12.5. The molecule has 2 aromatic heterocycles. The van der Waals surface area contributed by atoms with Gasteiger partial charge in [0.25, 0.3) is 11.8 Å². The van der Waals surface area contributed by atoms with Crippen molar-refractivity contribution in [2.75, 3.05) is 5.32 Å². The number of benzene rings is 1. The third-order valence-corrected chi connectivity index (χ3v) is 3.98. The van der Waals surface area contributed by atoms with Crippen molar-refractivity contribution >= 4 is 11.9 Å². The number of hydrogen-bond acceptors (Lipinski definition) is 7. The van der Waals surface area contributed by atoms with Crippen LogP contribution in [-0.4, -0.2) is 38.1 Å². The number of aromatic nitrogens is 4. The summed E-state index contributed by atoms with van der Waals surface area (Å²) in [5.74, 6) is 0.962. The summed E-state index contributed by atoms with van der Waals surface area (Å²) in [7, 11) is 1.77. The number of carbonyl (C=O) groups is 1. The molecule has 1 aliphatic rings. The van der Waals surface area contributed by atoms with E-state index in [0.29, 0.717) is 17.2 Å². The van der Waals surface area contributed by atoms with Gasteiger partial charge in [-0.2, -0.15) is 5.10 Å². The van der Waals surface area contributed by atoms with Crippen molar-refractivity contribution in [2.24, 2.45) is 7.05 Å². The van der Waals surface area contributed by atoms with E-state index in [1.165, 1.54) is 0 Å². The molecular formula is C17H17N5O4. The summed E-state index contributed by atoms with van der Waals surface area (Å²) in [5.41, 5.74) is 1.49. The highest BCUT2D eigenvalue weighted by atomic mass is 16.6. The monoisotopic (exact) mass is 355 g/mol. The summed E-state index contributed by atoms with van der Waals surface area (Å²) in [6, 6.07) is 8.99. The van der Waals surface area contributed by atoms with Crippen LogP contribution in [0.1, 0.15) is 12.6 Å². The number of fused-ring (bicyclic) bond motifs is 1. The van der Waals surface area contributed by atoms with Gasteiger partial charge in [-0.15, -0.1) is 5.10 Å². The fraction of sp³-hybridized carbons (Fsp3) is 0.294. The molecule has 0 spiro atoms. The van der Waals surface area contributed by atoms with Crippen molar-refractivity contribution in [1.29, 1.82) is 0 Å². The van der Waals surface area contributed by atoms with Crippen LogP contribution in [-0.2, 0) is 11.8 Å². The molecule has 1 aliphatic heterocycles. The van der Waals surface area contributed by atoms with Gasteiger partial charge in [0.15, 0.2) is 11.5 Å². The molecule has 0 radical (unpaired) electrons. The summed E-state index contributed by atoms with van der Waals surface area (Å²) >= 11 is 0. The van der Waals surface area contributed by atoms with E-state index in [-0.39, 0.29) is 11.9 Å². The van der Waals surface area contributed by atoms with Crippen molar-refractivity contribution in [3.8, 4) is 23.1 Å². The zero-order chi connectivity index (χ0) is 18.3. The number of anilines is 1. The van der Waals surface area contributed by atoms with Gasteiger partial charge in [-0.3, -0.25) is 14.8 Å². The number of rotatable bonds is 3. The first-order valence-electron chi connectivity index (χ1n) is 8.09. The van der Waals surface area contributed by atoms with E-state index in [1.54, 1.807) is 30.8 Å². The minimum absolute atomic E-state index is 0.0153. The molecule has 26 heavy (non-hydrogen) atoms. The molecule has 134 valence electrons. The number of nitrogens with zero attached hydrogens (tertiary/aromatic N) is 4. The Morgan fingerprint density at radius 2 is 1.92 bits per heavy atom. The van der Waals surface area contributed by atoms with Crippen LogP contribution in [0.2, 0.25) is 0 Å². The number of hydrogen-bond donors (Lipinski definition) is 1. The Kier molecular flexibility index (Phi) is 3.83. The Hall–Kier alpha value is -3.36. The first-order chi connectivity index (χ1) is 12.5. The average molecular weight is 355 g/mol. The topological polar surface area (TPSA) is 104 Å². The molecule has 0 saturated carbocycles. The van der Waals surface area contributed by atoms with Gasteiger partial charge in [0.05, 0.1) is 5.69 Å². The van der Waals surface area contributed by atoms with Crippen molar-refractivity contribution in [1.82, 2.24) is 20.0 Å².